The molecule has 0 N–H and O–H groups in total. The molecule has 0 aliphatic rings. The molecule has 0 aliphatic carbocycles. The summed E-state index contributed by atoms with van der Waals surface area (Å²) in [6.07, 6.45) is 5.96. The van der Waals surface area contributed by atoms with E-state index in [2.05, 4.69) is 37.8 Å². The number of rotatable bonds is 1. The number of hydrogen-bond donors (Lipinski definition) is 0. The van der Waals surface area contributed by atoms with Crippen LogP contribution >= 0.6 is 0 Å². The summed E-state index contributed by atoms with van der Waals surface area (Å²) in [5, 5.41) is 2.51. The van der Waals surface area contributed by atoms with Crippen molar-refractivity contribution in [3.8, 4) is 0 Å². The molecule has 0 nitrogen and oxygen atoms in total. The van der Waals surface area contributed by atoms with Gasteiger partial charge in [-0.05, 0) is 24.3 Å². The Morgan fingerprint density at radius 3 is 2.58 bits per heavy atom. The maximum Gasteiger partial charge on any atom is -0.0185 e. The van der Waals surface area contributed by atoms with Gasteiger partial charge in [0.2, 0.25) is 0 Å². The molecule has 0 heteroatoms. The van der Waals surface area contributed by atoms with Crippen LogP contribution in [-0.4, -0.2) is 0 Å². The predicted octanol–water partition coefficient (Wildman–Crippen LogP) is 1.76. The van der Waals surface area contributed by atoms with Crippen LogP contribution in [0, 0.1) is 6.92 Å². The van der Waals surface area contributed by atoms with E-state index in [0.717, 1.165) is 0 Å². The monoisotopic (exact) mass is 158 g/mol. The number of allylic oxidation sites excluding steroid dienone is 1. The fraction of sp³-hybridized carbons (Fsp3) is 0.167. The second-order valence-corrected chi connectivity index (χ2v) is 2.82. The summed E-state index contributed by atoms with van der Waals surface area (Å²) < 4.78 is 0. The van der Waals surface area contributed by atoms with Crippen molar-refractivity contribution in [3.63, 3.8) is 0 Å². The minimum absolute atomic E-state index is 1.24. The number of hydrogen-bond acceptors (Lipinski definition) is 0. The highest BCUT2D eigenvalue weighted by Crippen LogP contribution is 1.86. The first-order chi connectivity index (χ1) is 5.77. The van der Waals surface area contributed by atoms with E-state index >= 15 is 0 Å². The maximum absolute atomic E-state index is 3.69. The van der Waals surface area contributed by atoms with E-state index in [1.54, 1.807) is 0 Å². The van der Waals surface area contributed by atoms with E-state index < -0.39 is 0 Å². The van der Waals surface area contributed by atoms with Crippen LogP contribution in [0.3, 0.4) is 0 Å². The largest absolute Gasteiger partial charge is 0.0990 e. The first-order valence-corrected chi connectivity index (χ1v) is 4.13. The molecule has 0 aromatic heterocycles. The molecule has 0 fully saturated rings. The average Bonchev–Trinajstić information content (AvgIpc) is 2.05. The lowest BCUT2D eigenvalue weighted by Crippen LogP contribution is -2.23. The molecule has 0 heterocycles. The van der Waals surface area contributed by atoms with Gasteiger partial charge in [0, 0.05) is 0 Å². The van der Waals surface area contributed by atoms with Gasteiger partial charge in [-0.15, -0.1) is 0 Å². The highest BCUT2D eigenvalue weighted by atomic mass is 13.9. The van der Waals surface area contributed by atoms with Gasteiger partial charge >= 0.3 is 0 Å². The molecule has 0 radical (unpaired) electrons. The van der Waals surface area contributed by atoms with Crippen LogP contribution < -0.4 is 10.4 Å². The Balaban J connectivity index is 3.53. The lowest BCUT2D eigenvalue weighted by Gasteiger charge is -1.92. The van der Waals surface area contributed by atoms with Crippen molar-refractivity contribution < 1.29 is 0 Å². The van der Waals surface area contributed by atoms with Crippen molar-refractivity contribution >= 4 is 12.2 Å². The Hall–Kier alpha value is -1.30. The Bertz CT molecular complexity index is 383. The van der Waals surface area contributed by atoms with Gasteiger partial charge in [-0.3, -0.25) is 0 Å². The minimum atomic E-state index is 1.24. The topological polar surface area (TPSA) is 0 Å². The van der Waals surface area contributed by atoms with E-state index in [1.165, 1.54) is 16.0 Å². The molecule has 0 bridgehead atoms. The molecule has 0 unspecified atom stereocenters. The van der Waals surface area contributed by atoms with E-state index in [9.17, 15) is 0 Å². The summed E-state index contributed by atoms with van der Waals surface area (Å²) in [4.78, 5) is 0. The minimum Gasteiger partial charge on any atom is -0.0990 e. The summed E-state index contributed by atoms with van der Waals surface area (Å²) >= 11 is 0. The molecule has 62 valence electrons. The summed E-state index contributed by atoms with van der Waals surface area (Å²) in [6.45, 7) is 7.84. The van der Waals surface area contributed by atoms with Crippen LogP contribution in [0.4, 0.5) is 0 Å². The zero-order valence-electron chi connectivity index (χ0n) is 7.67. The molecule has 0 saturated heterocycles. The second kappa shape index (κ2) is 3.91. The van der Waals surface area contributed by atoms with Gasteiger partial charge in [0.15, 0.2) is 0 Å². The number of aryl methyl sites for hydroxylation is 1. The number of benzene rings is 1. The summed E-state index contributed by atoms with van der Waals surface area (Å²) in [6, 6.07) is 6.41. The second-order valence-electron chi connectivity index (χ2n) is 2.82. The zero-order valence-corrected chi connectivity index (χ0v) is 7.67. The lowest BCUT2D eigenvalue weighted by molar-refractivity contribution is 1.40. The highest BCUT2D eigenvalue weighted by molar-refractivity contribution is 5.39. The van der Waals surface area contributed by atoms with Crippen LogP contribution in [0.25, 0.3) is 12.2 Å². The molecule has 0 aliphatic heterocycles. The molecule has 1 aromatic rings. The zero-order chi connectivity index (χ0) is 8.97. The van der Waals surface area contributed by atoms with Gasteiger partial charge in [0.1, 0.15) is 0 Å². The molecule has 12 heavy (non-hydrogen) atoms. The average molecular weight is 158 g/mol. The molecule has 0 amide bonds. The molecule has 1 aromatic carbocycles. The third kappa shape index (κ3) is 1.85. The van der Waals surface area contributed by atoms with Crippen LogP contribution in [0.15, 0.2) is 30.9 Å². The summed E-state index contributed by atoms with van der Waals surface area (Å²) in [5.74, 6) is 0. The third-order valence-corrected chi connectivity index (χ3v) is 1.85. The SMILES string of the molecule is C=C/C=c1/cc(C)cc/c1=C/C. The van der Waals surface area contributed by atoms with Crippen LogP contribution in [-0.2, 0) is 0 Å². The van der Waals surface area contributed by atoms with Gasteiger partial charge in [-0.2, -0.15) is 0 Å². The highest BCUT2D eigenvalue weighted by Gasteiger charge is 1.84. The van der Waals surface area contributed by atoms with Gasteiger partial charge in [0.05, 0.1) is 0 Å². The van der Waals surface area contributed by atoms with Gasteiger partial charge < -0.3 is 0 Å². The fourth-order valence-corrected chi connectivity index (χ4v) is 1.23. The van der Waals surface area contributed by atoms with Crippen molar-refractivity contribution in [2.75, 3.05) is 0 Å². The summed E-state index contributed by atoms with van der Waals surface area (Å²) in [7, 11) is 0. The lowest BCUT2D eigenvalue weighted by atomic mass is 10.1. The van der Waals surface area contributed by atoms with E-state index in [4.69, 9.17) is 0 Å². The first-order valence-electron chi connectivity index (χ1n) is 4.13. The summed E-state index contributed by atoms with van der Waals surface area (Å²) in [5.41, 5.74) is 1.29. The van der Waals surface area contributed by atoms with Crippen molar-refractivity contribution in [3.05, 3.63) is 46.9 Å². The fourth-order valence-electron chi connectivity index (χ4n) is 1.23. The molecular weight excluding hydrogens is 144 g/mol. The van der Waals surface area contributed by atoms with Crippen molar-refractivity contribution in [1.82, 2.24) is 0 Å². The van der Waals surface area contributed by atoms with E-state index in [1.807, 2.05) is 19.1 Å². The van der Waals surface area contributed by atoms with E-state index in [-0.39, 0.29) is 0 Å². The smallest absolute Gasteiger partial charge is 0.0185 e. The van der Waals surface area contributed by atoms with Crippen LogP contribution in [0.2, 0.25) is 0 Å². The van der Waals surface area contributed by atoms with Crippen LogP contribution in [0.1, 0.15) is 12.5 Å². The Labute approximate surface area is 73.6 Å². The van der Waals surface area contributed by atoms with Gasteiger partial charge in [0.25, 0.3) is 0 Å². The molecule has 1 rings (SSSR count). The van der Waals surface area contributed by atoms with Gasteiger partial charge in [-0.25, -0.2) is 0 Å². The maximum atomic E-state index is 3.69. The van der Waals surface area contributed by atoms with Crippen molar-refractivity contribution in [2.45, 2.75) is 13.8 Å². The molecule has 0 saturated carbocycles. The van der Waals surface area contributed by atoms with Crippen molar-refractivity contribution in [1.29, 1.82) is 0 Å². The molecule has 0 spiro atoms. The molecular formula is C12H14. The Morgan fingerprint density at radius 2 is 2.00 bits per heavy atom. The normalized spacial score (nSPS) is 13.5. The Morgan fingerprint density at radius 1 is 1.25 bits per heavy atom. The van der Waals surface area contributed by atoms with Gasteiger partial charge in [-0.1, -0.05) is 48.6 Å². The van der Waals surface area contributed by atoms with Crippen molar-refractivity contribution in [2.24, 2.45) is 0 Å². The first kappa shape index (κ1) is 8.79. The third-order valence-electron chi connectivity index (χ3n) is 1.85. The standard InChI is InChI=1S/C12H14/c1-4-6-12-9-10(3)7-8-11(12)5-2/h4-9H,1H2,2-3H3/b11-5-,12-6-. The van der Waals surface area contributed by atoms with Crippen LogP contribution in [0.5, 0.6) is 0 Å². The quantitative estimate of drug-likeness (QED) is 0.584. The van der Waals surface area contributed by atoms with E-state index in [0.29, 0.717) is 0 Å². The molecule has 0 atom stereocenters. The Kier molecular flexibility index (Phi) is 2.87. The predicted molar refractivity (Wildman–Crippen MR) is 55.2 cm³/mol.